The molecule has 0 spiro atoms. The van der Waals surface area contributed by atoms with Crippen LogP contribution in [0.4, 0.5) is 0 Å². The predicted octanol–water partition coefficient (Wildman–Crippen LogP) is 5.69. The van der Waals surface area contributed by atoms with Gasteiger partial charge in [-0.25, -0.2) is 0 Å². The van der Waals surface area contributed by atoms with Crippen molar-refractivity contribution in [2.24, 2.45) is 0 Å². The second-order valence-corrected chi connectivity index (χ2v) is 10.1. The first-order valence-electron chi connectivity index (χ1n) is 10.7. The number of benzene rings is 2. The minimum Gasteiger partial charge on any atom is -0.350 e. The maximum Gasteiger partial charge on any atom is 0.243 e. The molecule has 2 amide bonds. The summed E-state index contributed by atoms with van der Waals surface area (Å²) in [7, 11) is 0. The molecule has 0 bridgehead atoms. The summed E-state index contributed by atoms with van der Waals surface area (Å²) < 4.78 is 0. The van der Waals surface area contributed by atoms with Crippen LogP contribution in [0.25, 0.3) is 0 Å². The predicted molar refractivity (Wildman–Crippen MR) is 131 cm³/mol. The molecule has 6 heteroatoms. The zero-order valence-electron chi connectivity index (χ0n) is 18.9. The summed E-state index contributed by atoms with van der Waals surface area (Å²) in [5.41, 5.74) is 1.72. The molecule has 0 aliphatic rings. The Kier molecular flexibility index (Phi) is 9.92. The SMILES string of the molecule is CC[C@@H](C(=O)NC(C)(C)C)N(Cc1ccccc1Cl)C(=O)CCSCc1ccccc1. The van der Waals surface area contributed by atoms with Gasteiger partial charge >= 0.3 is 0 Å². The molecule has 1 N–H and O–H groups in total. The molecular weight excluding hydrogens is 428 g/mol. The molecule has 31 heavy (non-hydrogen) atoms. The number of hydrogen-bond acceptors (Lipinski definition) is 3. The van der Waals surface area contributed by atoms with Crippen molar-refractivity contribution >= 4 is 35.2 Å². The van der Waals surface area contributed by atoms with Gasteiger partial charge in [0, 0.05) is 35.0 Å². The molecule has 0 heterocycles. The largest absolute Gasteiger partial charge is 0.350 e. The summed E-state index contributed by atoms with van der Waals surface area (Å²) in [5, 5.41) is 3.63. The van der Waals surface area contributed by atoms with E-state index in [4.69, 9.17) is 11.6 Å². The average molecular weight is 461 g/mol. The van der Waals surface area contributed by atoms with Gasteiger partial charge < -0.3 is 10.2 Å². The molecule has 1 atom stereocenters. The second kappa shape index (κ2) is 12.2. The van der Waals surface area contributed by atoms with E-state index in [-0.39, 0.29) is 17.4 Å². The summed E-state index contributed by atoms with van der Waals surface area (Å²) in [5.74, 6) is 1.40. The van der Waals surface area contributed by atoms with E-state index in [0.29, 0.717) is 30.2 Å². The number of halogens is 1. The Balaban J connectivity index is 2.10. The van der Waals surface area contributed by atoms with Crippen molar-refractivity contribution in [3.8, 4) is 0 Å². The fraction of sp³-hybridized carbons (Fsp3) is 0.440. The van der Waals surface area contributed by atoms with E-state index in [2.05, 4.69) is 17.4 Å². The van der Waals surface area contributed by atoms with Crippen molar-refractivity contribution in [1.82, 2.24) is 10.2 Å². The van der Waals surface area contributed by atoms with Gasteiger partial charge in [0.15, 0.2) is 0 Å². The number of nitrogens with one attached hydrogen (secondary N) is 1. The van der Waals surface area contributed by atoms with E-state index in [9.17, 15) is 9.59 Å². The van der Waals surface area contributed by atoms with E-state index in [1.165, 1.54) is 5.56 Å². The van der Waals surface area contributed by atoms with Crippen molar-refractivity contribution in [3.05, 3.63) is 70.7 Å². The van der Waals surface area contributed by atoms with Gasteiger partial charge in [0.1, 0.15) is 6.04 Å². The fourth-order valence-electron chi connectivity index (χ4n) is 3.25. The number of nitrogens with zero attached hydrogens (tertiary/aromatic N) is 1. The molecule has 0 saturated carbocycles. The van der Waals surface area contributed by atoms with Crippen LogP contribution in [-0.4, -0.2) is 34.0 Å². The summed E-state index contributed by atoms with van der Waals surface area (Å²) in [4.78, 5) is 27.9. The Bertz CT molecular complexity index is 852. The lowest BCUT2D eigenvalue weighted by Gasteiger charge is -2.33. The lowest BCUT2D eigenvalue weighted by molar-refractivity contribution is -0.141. The third-order valence-electron chi connectivity index (χ3n) is 4.75. The highest BCUT2D eigenvalue weighted by atomic mass is 35.5. The molecule has 0 aliphatic heterocycles. The van der Waals surface area contributed by atoms with Gasteiger partial charge in [-0.3, -0.25) is 9.59 Å². The molecule has 2 rings (SSSR count). The normalized spacial score (nSPS) is 12.3. The monoisotopic (exact) mass is 460 g/mol. The highest BCUT2D eigenvalue weighted by Gasteiger charge is 2.30. The molecule has 0 fully saturated rings. The summed E-state index contributed by atoms with van der Waals surface area (Å²) in [6.45, 7) is 8.08. The number of thioether (sulfide) groups is 1. The van der Waals surface area contributed by atoms with Crippen LogP contribution < -0.4 is 5.32 Å². The van der Waals surface area contributed by atoms with Gasteiger partial charge in [0.25, 0.3) is 0 Å². The van der Waals surface area contributed by atoms with E-state index in [1.54, 1.807) is 16.7 Å². The van der Waals surface area contributed by atoms with Gasteiger partial charge in [0.2, 0.25) is 11.8 Å². The lowest BCUT2D eigenvalue weighted by atomic mass is 10.1. The van der Waals surface area contributed by atoms with Crippen molar-refractivity contribution in [2.75, 3.05) is 5.75 Å². The van der Waals surface area contributed by atoms with Gasteiger partial charge in [-0.2, -0.15) is 11.8 Å². The maximum absolute atomic E-state index is 13.2. The molecule has 168 valence electrons. The van der Waals surface area contributed by atoms with E-state index >= 15 is 0 Å². The number of carbonyl (C=O) groups is 2. The Morgan fingerprint density at radius 2 is 1.71 bits per heavy atom. The Hall–Kier alpha value is -1.98. The molecule has 0 unspecified atom stereocenters. The van der Waals surface area contributed by atoms with Crippen LogP contribution in [-0.2, 0) is 21.9 Å². The molecule has 0 aliphatic carbocycles. The maximum atomic E-state index is 13.2. The first kappa shape index (κ1) is 25.3. The van der Waals surface area contributed by atoms with Crippen LogP contribution >= 0.6 is 23.4 Å². The summed E-state index contributed by atoms with van der Waals surface area (Å²) in [6, 6.07) is 17.1. The fourth-order valence-corrected chi connectivity index (χ4v) is 4.34. The zero-order chi connectivity index (χ0) is 22.9. The first-order chi connectivity index (χ1) is 14.7. The first-order valence-corrected chi connectivity index (χ1v) is 12.2. The Morgan fingerprint density at radius 3 is 2.32 bits per heavy atom. The molecule has 2 aromatic rings. The molecule has 4 nitrogen and oxygen atoms in total. The van der Waals surface area contributed by atoms with Gasteiger partial charge in [-0.1, -0.05) is 67.1 Å². The van der Waals surface area contributed by atoms with Crippen LogP contribution in [0.3, 0.4) is 0 Å². The standard InChI is InChI=1S/C25H33ClN2O2S/c1-5-22(24(30)27-25(2,3)4)28(17-20-13-9-10-14-21(20)26)23(29)15-16-31-18-19-11-7-6-8-12-19/h6-14,22H,5,15-18H2,1-4H3,(H,27,30)/t22-/m0/s1. The van der Waals surface area contributed by atoms with Gasteiger partial charge in [-0.05, 0) is 44.4 Å². The van der Waals surface area contributed by atoms with Crippen molar-refractivity contribution in [3.63, 3.8) is 0 Å². The van der Waals surface area contributed by atoms with Gasteiger partial charge in [0.05, 0.1) is 0 Å². The minimum atomic E-state index is -0.540. The number of hydrogen-bond donors (Lipinski definition) is 1. The number of amides is 2. The van der Waals surface area contributed by atoms with Crippen LogP contribution in [0.1, 0.15) is 51.7 Å². The smallest absolute Gasteiger partial charge is 0.243 e. The van der Waals surface area contributed by atoms with E-state index < -0.39 is 6.04 Å². The number of carbonyl (C=O) groups excluding carboxylic acids is 2. The van der Waals surface area contributed by atoms with Crippen LogP contribution in [0, 0.1) is 0 Å². The van der Waals surface area contributed by atoms with Gasteiger partial charge in [-0.15, -0.1) is 0 Å². The van der Waals surface area contributed by atoms with Crippen LogP contribution in [0.2, 0.25) is 5.02 Å². The van der Waals surface area contributed by atoms with Crippen molar-refractivity contribution in [2.45, 2.75) is 64.4 Å². The number of rotatable bonds is 10. The van der Waals surface area contributed by atoms with E-state index in [1.807, 2.05) is 70.2 Å². The Morgan fingerprint density at radius 1 is 1.06 bits per heavy atom. The van der Waals surface area contributed by atoms with Crippen LogP contribution in [0.15, 0.2) is 54.6 Å². The molecule has 2 aromatic carbocycles. The summed E-state index contributed by atoms with van der Waals surface area (Å²) in [6.07, 6.45) is 0.913. The minimum absolute atomic E-state index is 0.0311. The Labute approximate surface area is 195 Å². The molecule has 0 aromatic heterocycles. The molecule has 0 radical (unpaired) electrons. The zero-order valence-corrected chi connectivity index (χ0v) is 20.4. The van der Waals surface area contributed by atoms with Crippen molar-refractivity contribution in [1.29, 1.82) is 0 Å². The lowest BCUT2D eigenvalue weighted by Crippen LogP contribution is -2.53. The summed E-state index contributed by atoms with van der Waals surface area (Å²) >= 11 is 8.08. The quantitative estimate of drug-likeness (QED) is 0.463. The highest BCUT2D eigenvalue weighted by molar-refractivity contribution is 7.98. The second-order valence-electron chi connectivity index (χ2n) is 8.56. The van der Waals surface area contributed by atoms with E-state index in [0.717, 1.165) is 11.3 Å². The highest BCUT2D eigenvalue weighted by Crippen LogP contribution is 2.21. The van der Waals surface area contributed by atoms with Crippen LogP contribution in [0.5, 0.6) is 0 Å². The third-order valence-corrected chi connectivity index (χ3v) is 6.15. The van der Waals surface area contributed by atoms with Crippen molar-refractivity contribution < 1.29 is 9.59 Å². The third kappa shape index (κ3) is 8.58. The topological polar surface area (TPSA) is 49.4 Å². The molecular formula is C25H33ClN2O2S. The molecule has 0 saturated heterocycles. The average Bonchev–Trinajstić information content (AvgIpc) is 2.71.